The molecule has 0 unspecified atom stereocenters. The first kappa shape index (κ1) is 19.0. The van der Waals surface area contributed by atoms with Crippen molar-refractivity contribution in [1.82, 2.24) is 14.8 Å². The maximum absolute atomic E-state index is 12.9. The Hall–Kier alpha value is -3.99. The van der Waals surface area contributed by atoms with Crippen LogP contribution < -0.4 is 5.32 Å². The van der Waals surface area contributed by atoms with Crippen molar-refractivity contribution < 1.29 is 4.79 Å². The van der Waals surface area contributed by atoms with Crippen LogP contribution in [0.25, 0.3) is 33.1 Å². The second kappa shape index (κ2) is 7.69. The molecule has 0 saturated carbocycles. The van der Waals surface area contributed by atoms with Crippen molar-refractivity contribution >= 4 is 33.4 Å². The Morgan fingerprint density at radius 1 is 0.903 bits per heavy atom. The van der Waals surface area contributed by atoms with Gasteiger partial charge in [0.1, 0.15) is 12.2 Å². The van der Waals surface area contributed by atoms with E-state index in [1.54, 1.807) is 4.68 Å². The topological polar surface area (TPSA) is 59.8 Å². The van der Waals surface area contributed by atoms with Crippen LogP contribution in [-0.4, -0.2) is 20.7 Å². The molecule has 1 amide bonds. The van der Waals surface area contributed by atoms with E-state index in [0.29, 0.717) is 0 Å². The molecule has 0 saturated heterocycles. The minimum absolute atomic E-state index is 0.115. The van der Waals surface area contributed by atoms with Crippen molar-refractivity contribution in [3.63, 3.8) is 0 Å². The molecule has 152 valence electrons. The van der Waals surface area contributed by atoms with Gasteiger partial charge in [-0.2, -0.15) is 5.10 Å². The normalized spacial score (nSPS) is 11.2. The number of aryl methyl sites for hydroxylation is 2. The van der Waals surface area contributed by atoms with Crippen molar-refractivity contribution in [1.29, 1.82) is 0 Å². The number of nitrogens with zero attached hydrogens (tertiary/aromatic N) is 3. The van der Waals surface area contributed by atoms with E-state index in [4.69, 9.17) is 5.10 Å². The fourth-order valence-corrected chi connectivity index (χ4v) is 3.87. The second-order valence-corrected chi connectivity index (χ2v) is 7.83. The van der Waals surface area contributed by atoms with E-state index in [1.807, 2.05) is 79.9 Å². The molecule has 0 bridgehead atoms. The number of hydrogen-bond acceptors (Lipinski definition) is 3. The molecule has 2 heterocycles. The average Bonchev–Trinajstić information content (AvgIpc) is 3.14. The molecule has 1 N–H and O–H groups in total. The van der Waals surface area contributed by atoms with Crippen molar-refractivity contribution in [3.8, 4) is 11.3 Å². The lowest BCUT2D eigenvalue weighted by molar-refractivity contribution is -0.116. The van der Waals surface area contributed by atoms with Crippen LogP contribution in [0.3, 0.4) is 0 Å². The van der Waals surface area contributed by atoms with E-state index in [1.165, 1.54) is 0 Å². The molecule has 0 fully saturated rings. The van der Waals surface area contributed by atoms with Gasteiger partial charge in [0.25, 0.3) is 0 Å². The lowest BCUT2D eigenvalue weighted by atomic mass is 10.1. The van der Waals surface area contributed by atoms with Crippen molar-refractivity contribution in [3.05, 3.63) is 90.1 Å². The first-order valence-electron chi connectivity index (χ1n) is 10.3. The summed E-state index contributed by atoms with van der Waals surface area (Å²) < 4.78 is 1.80. The Bertz CT molecular complexity index is 1400. The van der Waals surface area contributed by atoms with Crippen LogP contribution in [0.2, 0.25) is 0 Å². The van der Waals surface area contributed by atoms with Crippen molar-refractivity contribution in [2.75, 3.05) is 5.32 Å². The summed E-state index contributed by atoms with van der Waals surface area (Å²) in [7, 11) is 0. The Morgan fingerprint density at radius 2 is 1.65 bits per heavy atom. The minimum atomic E-state index is -0.120. The summed E-state index contributed by atoms with van der Waals surface area (Å²) in [5.74, 6) is -0.120. The van der Waals surface area contributed by atoms with E-state index in [0.717, 1.165) is 49.9 Å². The van der Waals surface area contributed by atoms with Gasteiger partial charge in [-0.05, 0) is 38.1 Å². The number of amides is 1. The van der Waals surface area contributed by atoms with Gasteiger partial charge in [-0.15, -0.1) is 0 Å². The van der Waals surface area contributed by atoms with Gasteiger partial charge < -0.3 is 5.32 Å². The number of rotatable bonds is 4. The van der Waals surface area contributed by atoms with E-state index in [2.05, 4.69) is 23.3 Å². The SMILES string of the molecule is Cc1ccc(NC(=O)Cn2nc(-c3ccccc3)c3cnc4ccc(C)cc4c32)cc1. The first-order valence-corrected chi connectivity index (χ1v) is 10.3. The highest BCUT2D eigenvalue weighted by Crippen LogP contribution is 2.32. The third-order valence-corrected chi connectivity index (χ3v) is 5.40. The summed E-state index contributed by atoms with van der Waals surface area (Å²) in [5.41, 5.74) is 6.70. The number of benzene rings is 3. The van der Waals surface area contributed by atoms with Crippen LogP contribution in [0.4, 0.5) is 5.69 Å². The van der Waals surface area contributed by atoms with Crippen LogP contribution in [0.1, 0.15) is 11.1 Å². The number of carbonyl (C=O) groups is 1. The molecular weight excluding hydrogens is 384 g/mol. The summed E-state index contributed by atoms with van der Waals surface area (Å²) in [6, 6.07) is 24.0. The number of anilines is 1. The van der Waals surface area contributed by atoms with Gasteiger partial charge in [0.2, 0.25) is 5.91 Å². The molecule has 5 nitrogen and oxygen atoms in total. The molecular formula is C26H22N4O. The molecule has 5 heteroatoms. The van der Waals surface area contributed by atoms with Crippen LogP contribution in [0, 0.1) is 13.8 Å². The van der Waals surface area contributed by atoms with Gasteiger partial charge in [-0.3, -0.25) is 14.5 Å². The third kappa shape index (κ3) is 3.66. The van der Waals surface area contributed by atoms with Gasteiger partial charge >= 0.3 is 0 Å². The molecule has 0 atom stereocenters. The molecule has 5 aromatic rings. The van der Waals surface area contributed by atoms with E-state index in [9.17, 15) is 4.79 Å². The van der Waals surface area contributed by atoms with E-state index < -0.39 is 0 Å². The van der Waals surface area contributed by atoms with Gasteiger partial charge in [-0.1, -0.05) is 59.7 Å². The lowest BCUT2D eigenvalue weighted by Gasteiger charge is -2.08. The molecule has 3 aromatic carbocycles. The highest BCUT2D eigenvalue weighted by atomic mass is 16.2. The fraction of sp³-hybridized carbons (Fsp3) is 0.115. The summed E-state index contributed by atoms with van der Waals surface area (Å²) >= 11 is 0. The number of aromatic nitrogens is 3. The number of pyridine rings is 1. The Kier molecular flexibility index (Phi) is 4.71. The first-order chi connectivity index (χ1) is 15.1. The van der Waals surface area contributed by atoms with Gasteiger partial charge in [-0.25, -0.2) is 0 Å². The summed E-state index contributed by atoms with van der Waals surface area (Å²) in [6.45, 7) is 4.19. The van der Waals surface area contributed by atoms with Crippen molar-refractivity contribution in [2.45, 2.75) is 20.4 Å². The Morgan fingerprint density at radius 3 is 2.42 bits per heavy atom. The predicted molar refractivity (Wildman–Crippen MR) is 125 cm³/mol. The highest BCUT2D eigenvalue weighted by molar-refractivity contribution is 6.08. The zero-order valence-corrected chi connectivity index (χ0v) is 17.5. The zero-order valence-electron chi connectivity index (χ0n) is 17.5. The maximum atomic E-state index is 12.9. The van der Waals surface area contributed by atoms with Crippen LogP contribution in [-0.2, 0) is 11.3 Å². The number of carbonyl (C=O) groups excluding carboxylic acids is 1. The summed E-state index contributed by atoms with van der Waals surface area (Å²) in [5, 5.41) is 9.76. The standard InChI is InChI=1S/C26H22N4O/c1-17-8-11-20(12-9-17)28-24(31)16-30-26-21-14-18(2)10-13-23(21)27-15-22(26)25(29-30)19-6-4-3-5-7-19/h3-15H,16H2,1-2H3,(H,28,31). The van der Waals surface area contributed by atoms with Crippen LogP contribution in [0.15, 0.2) is 79.0 Å². The summed E-state index contributed by atoms with van der Waals surface area (Å²) in [4.78, 5) is 17.5. The fourth-order valence-electron chi connectivity index (χ4n) is 3.87. The largest absolute Gasteiger partial charge is 0.324 e. The van der Waals surface area contributed by atoms with E-state index in [-0.39, 0.29) is 12.5 Å². The molecule has 0 radical (unpaired) electrons. The molecule has 0 aliphatic rings. The van der Waals surface area contributed by atoms with Crippen LogP contribution >= 0.6 is 0 Å². The molecule has 5 rings (SSSR count). The number of nitrogens with one attached hydrogen (secondary N) is 1. The van der Waals surface area contributed by atoms with E-state index >= 15 is 0 Å². The van der Waals surface area contributed by atoms with Crippen molar-refractivity contribution in [2.24, 2.45) is 0 Å². The average molecular weight is 406 g/mol. The quantitative estimate of drug-likeness (QED) is 0.428. The summed E-state index contributed by atoms with van der Waals surface area (Å²) in [6.07, 6.45) is 1.86. The van der Waals surface area contributed by atoms with Gasteiger partial charge in [0.15, 0.2) is 0 Å². The third-order valence-electron chi connectivity index (χ3n) is 5.40. The number of fused-ring (bicyclic) bond motifs is 3. The number of hydrogen-bond donors (Lipinski definition) is 1. The molecule has 0 aliphatic carbocycles. The van der Waals surface area contributed by atoms with Crippen LogP contribution in [0.5, 0.6) is 0 Å². The lowest BCUT2D eigenvalue weighted by Crippen LogP contribution is -2.19. The maximum Gasteiger partial charge on any atom is 0.246 e. The molecule has 31 heavy (non-hydrogen) atoms. The predicted octanol–water partition coefficient (Wildman–Crippen LogP) is 5.51. The molecule has 0 spiro atoms. The van der Waals surface area contributed by atoms with Gasteiger partial charge in [0, 0.05) is 28.2 Å². The highest BCUT2D eigenvalue weighted by Gasteiger charge is 2.17. The molecule has 2 aromatic heterocycles. The molecule has 0 aliphatic heterocycles. The second-order valence-electron chi connectivity index (χ2n) is 7.83. The smallest absolute Gasteiger partial charge is 0.246 e. The minimum Gasteiger partial charge on any atom is -0.324 e. The monoisotopic (exact) mass is 406 g/mol. The Balaban J connectivity index is 1.63. The Labute approximate surface area is 180 Å². The zero-order chi connectivity index (χ0) is 21.4. The van der Waals surface area contributed by atoms with Gasteiger partial charge in [0.05, 0.1) is 11.0 Å².